The van der Waals surface area contributed by atoms with Crippen LogP contribution in [0.2, 0.25) is 0 Å². The zero-order chi connectivity index (χ0) is 8.39. The lowest BCUT2D eigenvalue weighted by molar-refractivity contribution is 0.601. The number of hydrogen-bond acceptors (Lipinski definition) is 0. The molecule has 0 fully saturated rings. The summed E-state index contributed by atoms with van der Waals surface area (Å²) in [7, 11) is 0. The highest BCUT2D eigenvalue weighted by molar-refractivity contribution is 5.48. The Bertz CT molecular complexity index is 318. The van der Waals surface area contributed by atoms with Crippen molar-refractivity contribution in [1.29, 1.82) is 0 Å². The van der Waals surface area contributed by atoms with Gasteiger partial charge in [-0.15, -0.1) is 0 Å². The van der Waals surface area contributed by atoms with Crippen molar-refractivity contribution in [3.05, 3.63) is 42.3 Å². The van der Waals surface area contributed by atoms with Gasteiger partial charge in [-0.2, -0.15) is 0 Å². The summed E-state index contributed by atoms with van der Waals surface area (Å²) in [6.45, 7) is 2.07. The Balaban J connectivity index is 2.38. The van der Waals surface area contributed by atoms with Gasteiger partial charge in [-0.3, -0.25) is 0 Å². The number of fused-ring (bicyclic) bond motifs is 1. The third kappa shape index (κ3) is 1.11. The van der Waals surface area contributed by atoms with Gasteiger partial charge in [0.05, 0.1) is 6.04 Å². The van der Waals surface area contributed by atoms with Crippen LogP contribution in [0.15, 0.2) is 36.6 Å². The molecule has 1 aliphatic rings. The molecule has 1 aliphatic heterocycles. The molecular formula is C11H13N. The number of rotatable bonds is 1. The first-order chi connectivity index (χ1) is 5.92. The van der Waals surface area contributed by atoms with Crippen LogP contribution in [0.5, 0.6) is 0 Å². The minimum absolute atomic E-state index is 0.532. The second-order valence-electron chi connectivity index (χ2n) is 3.07. The van der Waals surface area contributed by atoms with Gasteiger partial charge in [-0.05, 0) is 31.6 Å². The Kier molecular flexibility index (Phi) is 1.86. The van der Waals surface area contributed by atoms with Gasteiger partial charge in [-0.1, -0.05) is 18.2 Å². The van der Waals surface area contributed by atoms with Crippen LogP contribution in [0.4, 0.5) is 0 Å². The van der Waals surface area contributed by atoms with E-state index in [0.717, 1.165) is 6.42 Å². The van der Waals surface area contributed by atoms with Gasteiger partial charge in [0.1, 0.15) is 0 Å². The van der Waals surface area contributed by atoms with E-state index in [9.17, 15) is 0 Å². The SMILES string of the molecule is CC=C[C@@H]1CC=Cc2cccn21. The van der Waals surface area contributed by atoms with Gasteiger partial charge >= 0.3 is 0 Å². The molecule has 0 saturated carbocycles. The molecule has 2 heterocycles. The molecular weight excluding hydrogens is 146 g/mol. The quantitative estimate of drug-likeness (QED) is 0.555. The fourth-order valence-electron chi connectivity index (χ4n) is 1.69. The molecule has 1 heteroatoms. The highest BCUT2D eigenvalue weighted by atomic mass is 15.0. The average molecular weight is 159 g/mol. The van der Waals surface area contributed by atoms with Crippen LogP contribution < -0.4 is 0 Å². The highest BCUT2D eigenvalue weighted by Gasteiger charge is 2.10. The molecule has 0 saturated heterocycles. The van der Waals surface area contributed by atoms with Crippen molar-refractivity contribution in [3.63, 3.8) is 0 Å². The van der Waals surface area contributed by atoms with E-state index in [-0.39, 0.29) is 0 Å². The van der Waals surface area contributed by atoms with Crippen molar-refractivity contribution in [3.8, 4) is 0 Å². The Labute approximate surface area is 73.0 Å². The van der Waals surface area contributed by atoms with Gasteiger partial charge < -0.3 is 4.57 Å². The second kappa shape index (κ2) is 3.02. The summed E-state index contributed by atoms with van der Waals surface area (Å²) >= 11 is 0. The summed E-state index contributed by atoms with van der Waals surface area (Å²) in [5.74, 6) is 0. The maximum Gasteiger partial charge on any atom is 0.0550 e. The van der Waals surface area contributed by atoms with Gasteiger partial charge in [0, 0.05) is 11.9 Å². The van der Waals surface area contributed by atoms with Crippen LogP contribution in [0.1, 0.15) is 25.1 Å². The van der Waals surface area contributed by atoms with Gasteiger partial charge in [0.25, 0.3) is 0 Å². The predicted molar refractivity (Wildman–Crippen MR) is 51.9 cm³/mol. The molecule has 62 valence electrons. The summed E-state index contributed by atoms with van der Waals surface area (Å²) in [5.41, 5.74) is 1.31. The van der Waals surface area contributed by atoms with Crippen LogP contribution in [-0.4, -0.2) is 4.57 Å². The Morgan fingerprint density at radius 3 is 3.33 bits per heavy atom. The van der Waals surface area contributed by atoms with E-state index in [1.165, 1.54) is 5.69 Å². The van der Waals surface area contributed by atoms with Crippen molar-refractivity contribution in [2.24, 2.45) is 0 Å². The third-order valence-electron chi connectivity index (χ3n) is 2.25. The van der Waals surface area contributed by atoms with E-state index in [1.54, 1.807) is 0 Å². The lowest BCUT2D eigenvalue weighted by Gasteiger charge is -2.19. The number of hydrogen-bond donors (Lipinski definition) is 0. The second-order valence-corrected chi connectivity index (χ2v) is 3.07. The van der Waals surface area contributed by atoms with E-state index >= 15 is 0 Å². The third-order valence-corrected chi connectivity index (χ3v) is 2.25. The molecule has 0 amide bonds. The van der Waals surface area contributed by atoms with E-state index in [1.807, 2.05) is 0 Å². The normalized spacial score (nSPS) is 21.6. The van der Waals surface area contributed by atoms with Crippen molar-refractivity contribution >= 4 is 6.08 Å². The molecule has 0 aliphatic carbocycles. The minimum Gasteiger partial charge on any atom is -0.341 e. The highest BCUT2D eigenvalue weighted by Crippen LogP contribution is 2.23. The zero-order valence-corrected chi connectivity index (χ0v) is 7.27. The van der Waals surface area contributed by atoms with E-state index in [0.29, 0.717) is 6.04 Å². The maximum atomic E-state index is 2.31. The fourth-order valence-corrected chi connectivity index (χ4v) is 1.69. The molecule has 0 spiro atoms. The molecule has 0 unspecified atom stereocenters. The van der Waals surface area contributed by atoms with Crippen LogP contribution >= 0.6 is 0 Å². The summed E-state index contributed by atoms with van der Waals surface area (Å²) in [5, 5.41) is 0. The monoisotopic (exact) mass is 159 g/mol. The zero-order valence-electron chi connectivity index (χ0n) is 7.27. The molecule has 0 radical (unpaired) electrons. The van der Waals surface area contributed by atoms with Gasteiger partial charge in [0.15, 0.2) is 0 Å². The summed E-state index contributed by atoms with van der Waals surface area (Å²) in [6.07, 6.45) is 12.0. The first kappa shape index (κ1) is 7.41. The van der Waals surface area contributed by atoms with E-state index < -0.39 is 0 Å². The molecule has 0 N–H and O–H groups in total. The smallest absolute Gasteiger partial charge is 0.0550 e. The van der Waals surface area contributed by atoms with Crippen molar-refractivity contribution < 1.29 is 0 Å². The van der Waals surface area contributed by atoms with Crippen LogP contribution in [0, 0.1) is 0 Å². The number of nitrogens with zero attached hydrogens (tertiary/aromatic N) is 1. The average Bonchev–Trinajstić information content (AvgIpc) is 2.53. The lowest BCUT2D eigenvalue weighted by Crippen LogP contribution is -2.08. The van der Waals surface area contributed by atoms with Gasteiger partial charge in [0.2, 0.25) is 0 Å². The molecule has 1 aromatic heterocycles. The largest absolute Gasteiger partial charge is 0.341 e. The van der Waals surface area contributed by atoms with E-state index in [2.05, 4.69) is 54.1 Å². The van der Waals surface area contributed by atoms with Crippen molar-refractivity contribution in [2.75, 3.05) is 0 Å². The Morgan fingerprint density at radius 1 is 1.58 bits per heavy atom. The Morgan fingerprint density at radius 2 is 2.50 bits per heavy atom. The van der Waals surface area contributed by atoms with Gasteiger partial charge in [-0.25, -0.2) is 0 Å². The van der Waals surface area contributed by atoms with Crippen LogP contribution in [0.3, 0.4) is 0 Å². The minimum atomic E-state index is 0.532. The first-order valence-corrected chi connectivity index (χ1v) is 4.38. The van der Waals surface area contributed by atoms with Crippen molar-refractivity contribution in [1.82, 2.24) is 4.57 Å². The number of aromatic nitrogens is 1. The molecule has 1 nitrogen and oxygen atoms in total. The molecule has 0 bridgehead atoms. The Hall–Kier alpha value is -1.24. The molecule has 1 atom stereocenters. The summed E-state index contributed by atoms with van der Waals surface area (Å²) in [6, 6.07) is 4.78. The van der Waals surface area contributed by atoms with Crippen molar-refractivity contribution in [2.45, 2.75) is 19.4 Å². The van der Waals surface area contributed by atoms with Crippen LogP contribution in [0.25, 0.3) is 6.08 Å². The molecule has 1 aromatic rings. The van der Waals surface area contributed by atoms with Crippen LogP contribution in [-0.2, 0) is 0 Å². The molecule has 12 heavy (non-hydrogen) atoms. The number of allylic oxidation sites excluding steroid dienone is 3. The first-order valence-electron chi connectivity index (χ1n) is 4.38. The molecule has 0 aromatic carbocycles. The molecule has 2 rings (SSSR count). The summed E-state index contributed by atoms with van der Waals surface area (Å²) in [4.78, 5) is 0. The predicted octanol–water partition coefficient (Wildman–Crippen LogP) is 3.02. The lowest BCUT2D eigenvalue weighted by atomic mass is 10.1. The van der Waals surface area contributed by atoms with E-state index in [4.69, 9.17) is 0 Å². The summed E-state index contributed by atoms with van der Waals surface area (Å²) < 4.78 is 2.31. The maximum absolute atomic E-state index is 2.31. The topological polar surface area (TPSA) is 4.93 Å². The standard InChI is InChI=1S/C11H13N/c1-2-5-10-6-3-7-11-8-4-9-12(10)11/h2-5,7-10H,6H2,1H3/t10-/m1/s1. The fraction of sp³-hybridized carbons (Fsp3) is 0.273.